The molecule has 0 aliphatic carbocycles. The maximum atomic E-state index is 12.6. The number of nitro benzene ring substituents is 1. The molecule has 2 aromatic rings. The average Bonchev–Trinajstić information content (AvgIpc) is 2.61. The van der Waals surface area contributed by atoms with Gasteiger partial charge in [-0.25, -0.2) is 0 Å². The minimum atomic E-state index is -0.438. The van der Waals surface area contributed by atoms with Crippen molar-refractivity contribution < 1.29 is 14.5 Å². The van der Waals surface area contributed by atoms with Gasteiger partial charge in [-0.05, 0) is 30.2 Å². The number of rotatable bonds is 6. The number of nitro groups is 1. The molecule has 0 N–H and O–H groups in total. The first-order chi connectivity index (χ1) is 11.4. The molecule has 0 bridgehead atoms. The fraction of sp³-hybridized carbons (Fsp3) is 0.278. The number of benzene rings is 2. The molecule has 6 nitrogen and oxygen atoms in total. The van der Waals surface area contributed by atoms with Gasteiger partial charge in [-0.3, -0.25) is 14.9 Å². The highest BCUT2D eigenvalue weighted by Gasteiger charge is 2.20. The summed E-state index contributed by atoms with van der Waals surface area (Å²) in [5.41, 5.74) is 2.29. The molecule has 0 aliphatic heterocycles. The van der Waals surface area contributed by atoms with Crippen LogP contribution in [-0.4, -0.2) is 29.9 Å². The smallest absolute Gasteiger partial charge is 0.269 e. The lowest BCUT2D eigenvalue weighted by molar-refractivity contribution is -0.384. The van der Waals surface area contributed by atoms with Crippen molar-refractivity contribution >= 4 is 11.6 Å². The summed E-state index contributed by atoms with van der Waals surface area (Å²) in [4.78, 5) is 24.6. The molecule has 6 heteroatoms. The Bertz CT molecular complexity index is 728. The molecular formula is C18H20N2O4. The zero-order valence-electron chi connectivity index (χ0n) is 13.9. The molecule has 0 heterocycles. The van der Waals surface area contributed by atoms with Crippen molar-refractivity contribution in [1.82, 2.24) is 4.90 Å². The lowest BCUT2D eigenvalue weighted by atomic mass is 10.0. The van der Waals surface area contributed by atoms with Crippen LogP contribution in [0.5, 0.6) is 0 Å². The van der Waals surface area contributed by atoms with E-state index >= 15 is 0 Å². The first kappa shape index (κ1) is 17.6. The van der Waals surface area contributed by atoms with Crippen LogP contribution in [0.25, 0.3) is 0 Å². The molecule has 0 aromatic heterocycles. The third-order valence-electron chi connectivity index (χ3n) is 3.98. The second-order valence-corrected chi connectivity index (χ2v) is 5.57. The van der Waals surface area contributed by atoms with E-state index in [1.165, 1.54) is 12.1 Å². The Balaban J connectivity index is 2.17. The molecule has 0 spiro atoms. The van der Waals surface area contributed by atoms with E-state index in [4.69, 9.17) is 4.74 Å². The topological polar surface area (TPSA) is 72.7 Å². The van der Waals surface area contributed by atoms with Gasteiger partial charge in [0.15, 0.2) is 0 Å². The quantitative estimate of drug-likeness (QED) is 0.600. The maximum absolute atomic E-state index is 12.6. The minimum Gasteiger partial charge on any atom is -0.380 e. The Morgan fingerprint density at radius 1 is 1.25 bits per heavy atom. The van der Waals surface area contributed by atoms with Crippen LogP contribution in [0.4, 0.5) is 5.69 Å². The van der Waals surface area contributed by atoms with Crippen LogP contribution in [-0.2, 0) is 11.3 Å². The Kier molecular flexibility index (Phi) is 5.65. The standard InChI is InChI=1S/C18H20N2O4/c1-13(16-5-4-6-17(11-16)20(22)23)19(2)18(21)15-9-7-14(8-10-15)12-24-3/h4-11,13H,12H2,1-3H3/t13-/m1/s1. The molecule has 0 radical (unpaired) electrons. The first-order valence-electron chi connectivity index (χ1n) is 7.53. The fourth-order valence-corrected chi connectivity index (χ4v) is 2.41. The van der Waals surface area contributed by atoms with Crippen LogP contribution in [0.1, 0.15) is 34.5 Å². The van der Waals surface area contributed by atoms with Crippen molar-refractivity contribution in [2.45, 2.75) is 19.6 Å². The lowest BCUT2D eigenvalue weighted by Gasteiger charge is -2.25. The van der Waals surface area contributed by atoms with E-state index in [1.807, 2.05) is 19.1 Å². The average molecular weight is 328 g/mol. The Morgan fingerprint density at radius 2 is 1.92 bits per heavy atom. The van der Waals surface area contributed by atoms with Crippen molar-refractivity contribution in [3.63, 3.8) is 0 Å². The van der Waals surface area contributed by atoms with E-state index in [2.05, 4.69) is 0 Å². The summed E-state index contributed by atoms with van der Waals surface area (Å²) in [5, 5.41) is 10.9. The third-order valence-corrected chi connectivity index (χ3v) is 3.98. The second kappa shape index (κ2) is 7.70. The zero-order chi connectivity index (χ0) is 17.7. The number of nitrogens with zero attached hydrogens (tertiary/aromatic N) is 2. The van der Waals surface area contributed by atoms with Gasteiger partial charge in [0.25, 0.3) is 11.6 Å². The van der Waals surface area contributed by atoms with Gasteiger partial charge in [-0.1, -0.05) is 24.3 Å². The van der Waals surface area contributed by atoms with Crippen molar-refractivity contribution in [2.24, 2.45) is 0 Å². The van der Waals surface area contributed by atoms with Gasteiger partial charge in [-0.2, -0.15) is 0 Å². The van der Waals surface area contributed by atoms with Crippen LogP contribution < -0.4 is 0 Å². The molecule has 1 amide bonds. The van der Waals surface area contributed by atoms with Crippen LogP contribution in [0, 0.1) is 10.1 Å². The highest BCUT2D eigenvalue weighted by Crippen LogP contribution is 2.24. The Morgan fingerprint density at radius 3 is 2.50 bits per heavy atom. The van der Waals surface area contributed by atoms with Crippen LogP contribution in [0.15, 0.2) is 48.5 Å². The van der Waals surface area contributed by atoms with Crippen molar-refractivity contribution in [1.29, 1.82) is 0 Å². The summed E-state index contributed by atoms with van der Waals surface area (Å²) < 4.78 is 5.05. The number of carbonyl (C=O) groups excluding carboxylic acids is 1. The summed E-state index contributed by atoms with van der Waals surface area (Å²) >= 11 is 0. The Hall–Kier alpha value is -2.73. The van der Waals surface area contributed by atoms with Gasteiger partial charge in [-0.15, -0.1) is 0 Å². The molecule has 0 saturated carbocycles. The van der Waals surface area contributed by atoms with Crippen molar-refractivity contribution in [3.05, 3.63) is 75.3 Å². The van der Waals surface area contributed by atoms with E-state index in [1.54, 1.807) is 43.3 Å². The minimum absolute atomic E-state index is 0.0177. The molecule has 0 unspecified atom stereocenters. The van der Waals surface area contributed by atoms with Crippen molar-refractivity contribution in [2.75, 3.05) is 14.2 Å². The van der Waals surface area contributed by atoms with E-state index in [0.717, 1.165) is 11.1 Å². The van der Waals surface area contributed by atoms with E-state index < -0.39 is 4.92 Å². The molecule has 2 aromatic carbocycles. The van der Waals surface area contributed by atoms with Gasteiger partial charge in [0.1, 0.15) is 0 Å². The van der Waals surface area contributed by atoms with Gasteiger partial charge < -0.3 is 9.64 Å². The predicted octanol–water partition coefficient (Wildman–Crippen LogP) is 3.57. The SMILES string of the molecule is COCc1ccc(C(=O)N(C)[C@H](C)c2cccc([N+](=O)[O-])c2)cc1. The normalized spacial score (nSPS) is 11.8. The summed E-state index contributed by atoms with van der Waals surface area (Å²) in [7, 11) is 3.31. The number of non-ortho nitro benzene ring substituents is 1. The number of hydrogen-bond acceptors (Lipinski definition) is 4. The molecular weight excluding hydrogens is 308 g/mol. The first-order valence-corrected chi connectivity index (χ1v) is 7.53. The maximum Gasteiger partial charge on any atom is 0.269 e. The monoisotopic (exact) mass is 328 g/mol. The number of methoxy groups -OCH3 is 1. The van der Waals surface area contributed by atoms with Crippen LogP contribution in [0.3, 0.4) is 0 Å². The molecule has 0 fully saturated rings. The molecule has 0 saturated heterocycles. The second-order valence-electron chi connectivity index (χ2n) is 5.57. The van der Waals surface area contributed by atoms with Gasteiger partial charge in [0.05, 0.1) is 17.6 Å². The Labute approximate surface area is 140 Å². The van der Waals surface area contributed by atoms with Crippen molar-refractivity contribution in [3.8, 4) is 0 Å². The highest BCUT2D eigenvalue weighted by atomic mass is 16.6. The summed E-state index contributed by atoms with van der Waals surface area (Å²) in [6.07, 6.45) is 0. The van der Waals surface area contributed by atoms with Gasteiger partial charge in [0.2, 0.25) is 0 Å². The van der Waals surface area contributed by atoms with Crippen LogP contribution in [0.2, 0.25) is 0 Å². The zero-order valence-corrected chi connectivity index (χ0v) is 13.9. The molecule has 1 atom stereocenters. The van der Waals surface area contributed by atoms with Crippen LogP contribution >= 0.6 is 0 Å². The number of ether oxygens (including phenoxy) is 1. The van der Waals surface area contributed by atoms with Gasteiger partial charge in [0, 0.05) is 31.9 Å². The largest absolute Gasteiger partial charge is 0.380 e. The predicted molar refractivity (Wildman–Crippen MR) is 90.8 cm³/mol. The lowest BCUT2D eigenvalue weighted by Crippen LogP contribution is -2.29. The highest BCUT2D eigenvalue weighted by molar-refractivity contribution is 5.94. The summed E-state index contributed by atoms with van der Waals surface area (Å²) in [6, 6.07) is 13.3. The molecule has 2 rings (SSSR count). The molecule has 24 heavy (non-hydrogen) atoms. The summed E-state index contributed by atoms with van der Waals surface area (Å²) in [6.45, 7) is 2.34. The third kappa shape index (κ3) is 3.97. The molecule has 0 aliphatic rings. The van der Waals surface area contributed by atoms with E-state index in [0.29, 0.717) is 12.2 Å². The molecule has 126 valence electrons. The van der Waals surface area contributed by atoms with E-state index in [9.17, 15) is 14.9 Å². The van der Waals surface area contributed by atoms with E-state index in [-0.39, 0.29) is 17.6 Å². The van der Waals surface area contributed by atoms with Gasteiger partial charge >= 0.3 is 0 Å². The number of carbonyl (C=O) groups is 1. The number of amides is 1. The fourth-order valence-electron chi connectivity index (χ4n) is 2.41. The number of hydrogen-bond donors (Lipinski definition) is 0. The summed E-state index contributed by atoms with van der Waals surface area (Å²) in [5.74, 6) is -0.141.